The zero-order valence-corrected chi connectivity index (χ0v) is 23.9. The van der Waals surface area contributed by atoms with Gasteiger partial charge >= 0.3 is 11.9 Å². The van der Waals surface area contributed by atoms with Gasteiger partial charge in [-0.3, -0.25) is 19.1 Å². The number of ether oxygens (including phenoxy) is 2. The van der Waals surface area contributed by atoms with E-state index < -0.39 is 64.4 Å². The largest absolute Gasteiger partial charge is 0.457 e. The average molecular weight is 545 g/mol. The molecule has 5 rings (SSSR count). The number of ketones is 1. The van der Waals surface area contributed by atoms with E-state index in [1.54, 1.807) is 18.5 Å². The minimum atomic E-state index is -1.93. The topological polar surface area (TPSA) is 108 Å². The van der Waals surface area contributed by atoms with E-state index in [1.165, 1.54) is 0 Å². The number of aliphatic hydroxyl groups excluding tert-OH is 1. The van der Waals surface area contributed by atoms with Crippen LogP contribution >= 0.6 is 0 Å². The van der Waals surface area contributed by atoms with Gasteiger partial charge in [0.25, 0.3) is 0 Å². The van der Waals surface area contributed by atoms with E-state index in [0.717, 1.165) is 16.8 Å². The van der Waals surface area contributed by atoms with E-state index in [1.807, 2.05) is 40.1 Å². The fraction of sp³-hybridized carbons (Fsp3) is 0.733. The Bertz CT molecular complexity index is 1240. The van der Waals surface area contributed by atoms with Crippen LogP contribution in [0.15, 0.2) is 11.8 Å². The summed E-state index contributed by atoms with van der Waals surface area (Å²) in [5.41, 5.74) is -2.74. The van der Waals surface area contributed by atoms with Gasteiger partial charge in [0.1, 0.15) is 5.67 Å². The Morgan fingerprint density at radius 2 is 1.87 bits per heavy atom. The molecule has 0 saturated heterocycles. The highest BCUT2D eigenvalue weighted by molar-refractivity contribution is 5.93. The van der Waals surface area contributed by atoms with Gasteiger partial charge in [0.15, 0.2) is 12.2 Å². The number of Topliss-reactive ketones (excluding diaryl/α,β-unsaturated/α-hetero) is 1. The number of hydrogen-bond donors (Lipinski definition) is 1. The molecule has 39 heavy (non-hydrogen) atoms. The highest BCUT2D eigenvalue weighted by atomic mass is 19.1. The normalized spacial score (nSPS) is 40.5. The smallest absolute Gasteiger partial charge is 0.306 e. The molecule has 4 aliphatic rings. The fourth-order valence-corrected chi connectivity index (χ4v) is 8.98. The number of rotatable bonds is 6. The maximum atomic E-state index is 17.9. The van der Waals surface area contributed by atoms with Crippen LogP contribution in [0.2, 0.25) is 0 Å². The number of carbonyl (C=O) groups is 3. The first-order chi connectivity index (χ1) is 18.3. The molecule has 8 nitrogen and oxygen atoms in total. The van der Waals surface area contributed by atoms with Gasteiger partial charge in [0.05, 0.1) is 11.8 Å². The maximum Gasteiger partial charge on any atom is 0.306 e. The molecular formula is C30H41FN2O6. The van der Waals surface area contributed by atoms with Crippen LogP contribution in [0.1, 0.15) is 84.4 Å². The Morgan fingerprint density at radius 1 is 1.18 bits per heavy atom. The van der Waals surface area contributed by atoms with Crippen LogP contribution in [0.25, 0.3) is 6.08 Å². The van der Waals surface area contributed by atoms with Crippen LogP contribution in [0.3, 0.4) is 0 Å². The molecule has 214 valence electrons. The predicted octanol–water partition coefficient (Wildman–Crippen LogP) is 4.13. The Labute approximate surface area is 229 Å². The van der Waals surface area contributed by atoms with Gasteiger partial charge < -0.3 is 14.6 Å². The van der Waals surface area contributed by atoms with Gasteiger partial charge in [0.2, 0.25) is 5.78 Å². The number of alkyl halides is 1. The first-order valence-corrected chi connectivity index (χ1v) is 14.3. The summed E-state index contributed by atoms with van der Waals surface area (Å²) in [5, 5.41) is 16.4. The van der Waals surface area contributed by atoms with Crippen LogP contribution in [0.4, 0.5) is 4.39 Å². The molecule has 8 atom stereocenters. The predicted molar refractivity (Wildman–Crippen MR) is 141 cm³/mol. The molecule has 0 aromatic carbocycles. The van der Waals surface area contributed by atoms with Gasteiger partial charge in [-0.05, 0) is 49.7 Å². The molecule has 9 heteroatoms. The number of hydrogen-bond acceptors (Lipinski definition) is 7. The third-order valence-electron chi connectivity index (χ3n) is 10.8. The monoisotopic (exact) mass is 544 g/mol. The van der Waals surface area contributed by atoms with Crippen molar-refractivity contribution < 1.29 is 33.4 Å². The molecular weight excluding hydrogens is 503 g/mol. The van der Waals surface area contributed by atoms with Crippen molar-refractivity contribution in [3.05, 3.63) is 23.0 Å². The van der Waals surface area contributed by atoms with Crippen LogP contribution in [0, 0.1) is 28.6 Å². The molecule has 0 radical (unpaired) electrons. The molecule has 1 N–H and O–H groups in total. The summed E-state index contributed by atoms with van der Waals surface area (Å²) in [4.78, 5) is 38.6. The minimum absolute atomic E-state index is 0.0395. The summed E-state index contributed by atoms with van der Waals surface area (Å²) in [6.07, 6.45) is 4.76. The molecule has 1 aromatic rings. The van der Waals surface area contributed by atoms with Crippen LogP contribution < -0.4 is 0 Å². The SMILES string of the molecule is CCC(=O)OCC(=O)[C@@]1(OC(=O)CC)[C@@H](C)CC2[C@@H]3CCC4=Cc5nn(C)cc5C[C@]4(C)[C@@]3(F)[C@@H](O)C[C@@]21C. The van der Waals surface area contributed by atoms with E-state index >= 15 is 4.39 Å². The summed E-state index contributed by atoms with van der Waals surface area (Å²) in [6.45, 7) is 8.42. The summed E-state index contributed by atoms with van der Waals surface area (Å²) < 4.78 is 30.9. The summed E-state index contributed by atoms with van der Waals surface area (Å²) in [7, 11) is 1.85. The van der Waals surface area contributed by atoms with Crippen molar-refractivity contribution in [2.45, 2.75) is 96.9 Å². The van der Waals surface area contributed by atoms with Crippen molar-refractivity contribution in [3.63, 3.8) is 0 Å². The van der Waals surface area contributed by atoms with Gasteiger partial charge in [-0.25, -0.2) is 4.39 Å². The van der Waals surface area contributed by atoms with Gasteiger partial charge in [-0.15, -0.1) is 0 Å². The number of fused-ring (bicyclic) bond motifs is 6. The second kappa shape index (κ2) is 9.25. The highest BCUT2D eigenvalue weighted by Crippen LogP contribution is 2.71. The third-order valence-corrected chi connectivity index (χ3v) is 10.8. The molecule has 0 spiro atoms. The lowest BCUT2D eigenvalue weighted by Crippen LogP contribution is -2.70. The van der Waals surface area contributed by atoms with E-state index in [0.29, 0.717) is 25.7 Å². The Morgan fingerprint density at radius 3 is 2.54 bits per heavy atom. The van der Waals surface area contributed by atoms with Gasteiger partial charge in [0, 0.05) is 48.8 Å². The van der Waals surface area contributed by atoms with Crippen LogP contribution in [-0.4, -0.2) is 56.6 Å². The maximum absolute atomic E-state index is 17.9. The standard InChI is InChI=1S/C30H41FN2O6/c1-7-25(36)38-16-24(35)30(39-26(37)8-2)17(3)11-21-20-10-9-19-12-22-18(15-33(6)32-22)13-27(19,4)29(20,31)23(34)14-28(21,30)5/h12,15,17,20-21,23,34H,7-11,13-14,16H2,1-6H3/t17-,20-,21?,23-,27-,28-,29-,30-/m0/s1. The quantitative estimate of drug-likeness (QED) is 0.537. The van der Waals surface area contributed by atoms with Crippen molar-refractivity contribution in [1.29, 1.82) is 0 Å². The Hall–Kier alpha value is -2.55. The molecule has 0 bridgehead atoms. The van der Waals surface area contributed by atoms with E-state index in [9.17, 15) is 19.5 Å². The van der Waals surface area contributed by atoms with E-state index in [4.69, 9.17) is 9.47 Å². The average Bonchev–Trinajstić information content (AvgIpc) is 3.34. The van der Waals surface area contributed by atoms with E-state index in [-0.39, 0.29) is 25.2 Å². The number of aliphatic hydroxyl groups is 1. The third kappa shape index (κ3) is 3.64. The fourth-order valence-electron chi connectivity index (χ4n) is 8.98. The summed E-state index contributed by atoms with van der Waals surface area (Å²) in [6, 6.07) is 0. The minimum Gasteiger partial charge on any atom is -0.457 e. The van der Waals surface area contributed by atoms with Crippen LogP contribution in [0.5, 0.6) is 0 Å². The van der Waals surface area contributed by atoms with Gasteiger partial charge in [-0.1, -0.05) is 40.2 Å². The zero-order valence-electron chi connectivity index (χ0n) is 23.9. The number of aryl methyl sites for hydroxylation is 1. The summed E-state index contributed by atoms with van der Waals surface area (Å²) >= 11 is 0. The van der Waals surface area contributed by atoms with Crippen molar-refractivity contribution in [1.82, 2.24) is 9.78 Å². The number of carbonyl (C=O) groups excluding carboxylic acids is 3. The van der Waals surface area contributed by atoms with Crippen molar-refractivity contribution in [2.75, 3.05) is 6.61 Å². The van der Waals surface area contributed by atoms with Crippen molar-refractivity contribution in [2.24, 2.45) is 35.6 Å². The second-order valence-electron chi connectivity index (χ2n) is 12.7. The lowest BCUT2D eigenvalue weighted by atomic mass is 9.43. The lowest BCUT2D eigenvalue weighted by Gasteiger charge is -2.63. The van der Waals surface area contributed by atoms with Crippen molar-refractivity contribution >= 4 is 23.8 Å². The Kier molecular flexibility index (Phi) is 6.64. The molecule has 1 unspecified atom stereocenters. The highest BCUT2D eigenvalue weighted by Gasteiger charge is 2.77. The molecule has 3 saturated carbocycles. The number of aromatic nitrogens is 2. The number of allylic oxidation sites excluding steroid dienone is 1. The molecule has 1 heterocycles. The Balaban J connectivity index is 1.58. The summed E-state index contributed by atoms with van der Waals surface area (Å²) in [5.74, 6) is -2.85. The molecule has 3 fully saturated rings. The number of nitrogens with zero attached hydrogens (tertiary/aromatic N) is 2. The first kappa shape index (κ1) is 28.0. The molecule has 1 aromatic heterocycles. The zero-order chi connectivity index (χ0) is 28.5. The van der Waals surface area contributed by atoms with Crippen molar-refractivity contribution in [3.8, 4) is 0 Å². The number of esters is 2. The lowest BCUT2D eigenvalue weighted by molar-refractivity contribution is -0.234. The molecule has 0 aliphatic heterocycles. The molecule has 4 aliphatic carbocycles. The van der Waals surface area contributed by atoms with E-state index in [2.05, 4.69) is 5.10 Å². The van der Waals surface area contributed by atoms with Gasteiger partial charge in [-0.2, -0.15) is 5.10 Å². The number of halogens is 1. The van der Waals surface area contributed by atoms with Crippen LogP contribution in [-0.2, 0) is 37.3 Å². The second-order valence-corrected chi connectivity index (χ2v) is 12.7. The first-order valence-electron chi connectivity index (χ1n) is 14.3. The molecule has 0 amide bonds.